The van der Waals surface area contributed by atoms with E-state index in [1.54, 1.807) is 6.07 Å². The molecule has 0 aromatic heterocycles. The van der Waals surface area contributed by atoms with Gasteiger partial charge < -0.3 is 15.5 Å². The van der Waals surface area contributed by atoms with Gasteiger partial charge in [-0.2, -0.15) is 4.39 Å². The Kier molecular flexibility index (Phi) is 3.26. The molecule has 1 aromatic rings. The topological polar surface area (TPSA) is 55.7 Å². The number of phenols is 2. The predicted molar refractivity (Wildman–Crippen MR) is 57.9 cm³/mol. The number of halogens is 1. The standard InChI is InChI=1S/C11H15FN2O2/c12-10-9(15)2-1-8(11(10)16)7-14-5-3-13-4-6-14/h1-2,13,15-16H,3-7H2. The van der Waals surface area contributed by atoms with Gasteiger partial charge in [-0.1, -0.05) is 6.07 Å². The maximum absolute atomic E-state index is 13.2. The summed E-state index contributed by atoms with van der Waals surface area (Å²) >= 11 is 0. The van der Waals surface area contributed by atoms with Gasteiger partial charge in [0.25, 0.3) is 0 Å². The second-order valence-electron chi connectivity index (χ2n) is 3.93. The first-order valence-electron chi connectivity index (χ1n) is 5.31. The number of phenolic OH excluding ortho intramolecular Hbond substituents is 2. The lowest BCUT2D eigenvalue weighted by Gasteiger charge is -2.27. The van der Waals surface area contributed by atoms with Gasteiger partial charge in [0.2, 0.25) is 5.82 Å². The van der Waals surface area contributed by atoms with Crippen LogP contribution in [0.25, 0.3) is 0 Å². The van der Waals surface area contributed by atoms with Gasteiger partial charge in [-0.05, 0) is 6.07 Å². The van der Waals surface area contributed by atoms with Crippen LogP contribution in [0, 0.1) is 5.82 Å². The van der Waals surface area contributed by atoms with Crippen molar-refractivity contribution >= 4 is 0 Å². The zero-order valence-corrected chi connectivity index (χ0v) is 8.91. The molecule has 1 fully saturated rings. The van der Waals surface area contributed by atoms with Crippen LogP contribution in [-0.4, -0.2) is 41.3 Å². The van der Waals surface area contributed by atoms with Gasteiger partial charge in [0.05, 0.1) is 0 Å². The summed E-state index contributed by atoms with van der Waals surface area (Å²) in [5, 5.41) is 21.8. The summed E-state index contributed by atoms with van der Waals surface area (Å²) in [7, 11) is 0. The third kappa shape index (κ3) is 2.25. The maximum Gasteiger partial charge on any atom is 0.206 e. The van der Waals surface area contributed by atoms with E-state index in [1.165, 1.54) is 6.07 Å². The molecule has 5 heteroatoms. The van der Waals surface area contributed by atoms with E-state index in [1.807, 2.05) is 0 Å². The van der Waals surface area contributed by atoms with E-state index in [0.717, 1.165) is 26.2 Å². The summed E-state index contributed by atoms with van der Waals surface area (Å²) in [6.07, 6.45) is 0. The minimum absolute atomic E-state index is 0.446. The molecule has 16 heavy (non-hydrogen) atoms. The Morgan fingerprint density at radius 3 is 2.62 bits per heavy atom. The molecule has 0 radical (unpaired) electrons. The zero-order chi connectivity index (χ0) is 11.5. The quantitative estimate of drug-likeness (QED) is 0.692. The summed E-state index contributed by atoms with van der Waals surface area (Å²) in [5.74, 6) is -1.90. The lowest BCUT2D eigenvalue weighted by Crippen LogP contribution is -2.42. The first-order chi connectivity index (χ1) is 7.68. The van der Waals surface area contributed by atoms with Crippen molar-refractivity contribution in [3.63, 3.8) is 0 Å². The Hall–Kier alpha value is -1.33. The van der Waals surface area contributed by atoms with E-state index >= 15 is 0 Å². The molecular weight excluding hydrogens is 211 g/mol. The van der Waals surface area contributed by atoms with Crippen LogP contribution in [0.2, 0.25) is 0 Å². The fourth-order valence-electron chi connectivity index (χ4n) is 1.83. The van der Waals surface area contributed by atoms with E-state index in [0.29, 0.717) is 12.1 Å². The summed E-state index contributed by atoms with van der Waals surface area (Å²) in [6.45, 7) is 4.07. The lowest BCUT2D eigenvalue weighted by molar-refractivity contribution is 0.229. The number of rotatable bonds is 2. The fraction of sp³-hybridized carbons (Fsp3) is 0.455. The summed E-state index contributed by atoms with van der Waals surface area (Å²) in [6, 6.07) is 2.82. The van der Waals surface area contributed by atoms with Crippen LogP contribution in [-0.2, 0) is 6.54 Å². The van der Waals surface area contributed by atoms with Crippen molar-refractivity contribution in [3.8, 4) is 11.5 Å². The molecule has 0 saturated carbocycles. The van der Waals surface area contributed by atoms with Crippen molar-refractivity contribution in [1.29, 1.82) is 0 Å². The summed E-state index contributed by atoms with van der Waals surface area (Å²) in [5.41, 5.74) is 0.511. The third-order valence-corrected chi connectivity index (χ3v) is 2.78. The normalized spacial score (nSPS) is 17.6. The van der Waals surface area contributed by atoms with Crippen LogP contribution >= 0.6 is 0 Å². The van der Waals surface area contributed by atoms with Crippen molar-refractivity contribution in [3.05, 3.63) is 23.5 Å². The van der Waals surface area contributed by atoms with Crippen LogP contribution in [0.4, 0.5) is 4.39 Å². The van der Waals surface area contributed by atoms with Crippen LogP contribution in [0.3, 0.4) is 0 Å². The smallest absolute Gasteiger partial charge is 0.206 e. The van der Waals surface area contributed by atoms with Crippen LogP contribution < -0.4 is 5.32 Å². The molecule has 1 heterocycles. The molecule has 0 unspecified atom stereocenters. The molecule has 0 atom stereocenters. The Bertz CT molecular complexity index is 378. The van der Waals surface area contributed by atoms with Crippen LogP contribution in [0.1, 0.15) is 5.56 Å². The molecule has 4 nitrogen and oxygen atoms in total. The average Bonchev–Trinajstić information content (AvgIpc) is 2.31. The molecule has 0 bridgehead atoms. The second-order valence-corrected chi connectivity index (χ2v) is 3.93. The SMILES string of the molecule is Oc1ccc(CN2CCNCC2)c(O)c1F. The molecule has 2 rings (SSSR count). The highest BCUT2D eigenvalue weighted by Gasteiger charge is 2.16. The Labute approximate surface area is 93.3 Å². The molecule has 1 saturated heterocycles. The largest absolute Gasteiger partial charge is 0.505 e. The highest BCUT2D eigenvalue weighted by atomic mass is 19.1. The van der Waals surface area contributed by atoms with E-state index in [9.17, 15) is 9.50 Å². The van der Waals surface area contributed by atoms with Gasteiger partial charge in [-0.15, -0.1) is 0 Å². The van der Waals surface area contributed by atoms with Gasteiger partial charge in [-0.3, -0.25) is 4.90 Å². The minimum atomic E-state index is -0.937. The van der Waals surface area contributed by atoms with E-state index in [2.05, 4.69) is 10.2 Å². The van der Waals surface area contributed by atoms with Gasteiger partial charge in [0.1, 0.15) is 0 Å². The minimum Gasteiger partial charge on any atom is -0.505 e. The lowest BCUT2D eigenvalue weighted by atomic mass is 10.1. The van der Waals surface area contributed by atoms with Gasteiger partial charge in [0.15, 0.2) is 11.5 Å². The molecule has 0 amide bonds. The van der Waals surface area contributed by atoms with Gasteiger partial charge >= 0.3 is 0 Å². The van der Waals surface area contributed by atoms with Gasteiger partial charge in [0, 0.05) is 38.3 Å². The Morgan fingerprint density at radius 1 is 1.25 bits per heavy atom. The number of aromatic hydroxyl groups is 2. The van der Waals surface area contributed by atoms with Crippen molar-refractivity contribution in [2.24, 2.45) is 0 Å². The molecule has 1 aromatic carbocycles. The molecule has 1 aliphatic rings. The number of hydrogen-bond acceptors (Lipinski definition) is 4. The van der Waals surface area contributed by atoms with Crippen molar-refractivity contribution in [2.45, 2.75) is 6.54 Å². The molecule has 1 aliphatic heterocycles. The number of nitrogens with zero attached hydrogens (tertiary/aromatic N) is 1. The predicted octanol–water partition coefficient (Wildman–Crippen LogP) is 0.642. The number of nitrogens with one attached hydrogen (secondary N) is 1. The molecule has 0 aliphatic carbocycles. The molecule has 3 N–H and O–H groups in total. The van der Waals surface area contributed by atoms with Crippen molar-refractivity contribution in [1.82, 2.24) is 10.2 Å². The number of benzene rings is 1. The maximum atomic E-state index is 13.2. The summed E-state index contributed by atoms with van der Waals surface area (Å²) in [4.78, 5) is 2.13. The zero-order valence-electron chi connectivity index (χ0n) is 8.91. The van der Waals surface area contributed by atoms with E-state index in [4.69, 9.17) is 5.11 Å². The highest BCUT2D eigenvalue weighted by molar-refractivity contribution is 5.40. The Morgan fingerprint density at radius 2 is 1.94 bits per heavy atom. The van der Waals surface area contributed by atoms with E-state index in [-0.39, 0.29) is 0 Å². The fourth-order valence-corrected chi connectivity index (χ4v) is 1.83. The van der Waals surface area contributed by atoms with E-state index < -0.39 is 17.3 Å². The molecular formula is C11H15FN2O2. The number of piperazine rings is 1. The first kappa shape index (κ1) is 11.2. The second kappa shape index (κ2) is 4.67. The van der Waals surface area contributed by atoms with Crippen LogP contribution in [0.5, 0.6) is 11.5 Å². The van der Waals surface area contributed by atoms with Crippen LogP contribution in [0.15, 0.2) is 12.1 Å². The monoisotopic (exact) mass is 226 g/mol. The Balaban J connectivity index is 2.11. The van der Waals surface area contributed by atoms with Crippen molar-refractivity contribution < 1.29 is 14.6 Å². The van der Waals surface area contributed by atoms with Gasteiger partial charge in [-0.25, -0.2) is 0 Å². The third-order valence-electron chi connectivity index (χ3n) is 2.78. The first-order valence-corrected chi connectivity index (χ1v) is 5.31. The highest BCUT2D eigenvalue weighted by Crippen LogP contribution is 2.29. The average molecular weight is 226 g/mol. The summed E-state index contributed by atoms with van der Waals surface area (Å²) < 4.78 is 13.2. The number of hydrogen-bond donors (Lipinski definition) is 3. The molecule has 0 spiro atoms. The molecule has 88 valence electrons. The van der Waals surface area contributed by atoms with Crippen molar-refractivity contribution in [2.75, 3.05) is 26.2 Å².